The normalized spacial score (nSPS) is 23.0. The number of nitrogens with zero attached hydrogens (tertiary/aromatic N) is 2. The van der Waals surface area contributed by atoms with Crippen molar-refractivity contribution < 1.29 is 14.4 Å². The van der Waals surface area contributed by atoms with E-state index in [-0.39, 0.29) is 30.4 Å². The molecule has 2 saturated carbocycles. The van der Waals surface area contributed by atoms with Crippen molar-refractivity contribution in [2.24, 2.45) is 5.92 Å². The number of nitrogens with one attached hydrogen (secondary N) is 2. The monoisotopic (exact) mass is 378 g/mol. The van der Waals surface area contributed by atoms with Crippen LogP contribution in [0.2, 0.25) is 0 Å². The molecular formula is C20H34N4O3. The highest BCUT2D eigenvalue weighted by atomic mass is 16.2. The van der Waals surface area contributed by atoms with E-state index >= 15 is 0 Å². The third-order valence-electron chi connectivity index (χ3n) is 6.20. The molecule has 0 aromatic carbocycles. The quantitative estimate of drug-likeness (QED) is 0.782. The summed E-state index contributed by atoms with van der Waals surface area (Å²) in [4.78, 5) is 40.7. The van der Waals surface area contributed by atoms with Crippen LogP contribution in [0.5, 0.6) is 0 Å². The molecule has 7 nitrogen and oxygen atoms in total. The number of piperazine rings is 1. The Morgan fingerprint density at radius 2 is 1.37 bits per heavy atom. The average Bonchev–Trinajstić information content (AvgIpc) is 2.69. The van der Waals surface area contributed by atoms with Gasteiger partial charge in [0.1, 0.15) is 0 Å². The van der Waals surface area contributed by atoms with E-state index in [0.29, 0.717) is 32.1 Å². The van der Waals surface area contributed by atoms with Crippen LogP contribution >= 0.6 is 0 Å². The zero-order valence-electron chi connectivity index (χ0n) is 16.4. The van der Waals surface area contributed by atoms with E-state index in [1.807, 2.05) is 9.80 Å². The lowest BCUT2D eigenvalue weighted by atomic mass is 9.88. The van der Waals surface area contributed by atoms with Crippen molar-refractivity contribution in [3.8, 4) is 0 Å². The van der Waals surface area contributed by atoms with Gasteiger partial charge in [-0.25, -0.2) is 4.79 Å². The molecule has 152 valence electrons. The van der Waals surface area contributed by atoms with Crippen LogP contribution in [-0.4, -0.2) is 66.4 Å². The van der Waals surface area contributed by atoms with Gasteiger partial charge in [0.15, 0.2) is 0 Å². The summed E-state index contributed by atoms with van der Waals surface area (Å²) in [5.41, 5.74) is 0. The van der Waals surface area contributed by atoms with Crippen LogP contribution in [0.4, 0.5) is 4.79 Å². The number of urea groups is 1. The molecule has 0 bridgehead atoms. The van der Waals surface area contributed by atoms with Crippen molar-refractivity contribution in [1.82, 2.24) is 20.4 Å². The van der Waals surface area contributed by atoms with Gasteiger partial charge in [-0.3, -0.25) is 19.8 Å². The smallest absolute Gasteiger partial charge is 0.321 e. The van der Waals surface area contributed by atoms with Gasteiger partial charge in [0.05, 0.1) is 6.54 Å². The molecule has 0 radical (unpaired) electrons. The van der Waals surface area contributed by atoms with Crippen LogP contribution in [0, 0.1) is 5.92 Å². The summed E-state index contributed by atoms with van der Waals surface area (Å²) in [7, 11) is 0. The van der Waals surface area contributed by atoms with Gasteiger partial charge in [-0.05, 0) is 25.7 Å². The minimum absolute atomic E-state index is 0.195. The van der Waals surface area contributed by atoms with E-state index in [4.69, 9.17) is 0 Å². The number of rotatable bonds is 4. The molecule has 27 heavy (non-hydrogen) atoms. The summed E-state index contributed by atoms with van der Waals surface area (Å²) >= 11 is 0. The van der Waals surface area contributed by atoms with E-state index in [9.17, 15) is 14.4 Å². The zero-order valence-corrected chi connectivity index (χ0v) is 16.4. The van der Waals surface area contributed by atoms with Crippen molar-refractivity contribution in [2.45, 2.75) is 70.3 Å². The van der Waals surface area contributed by atoms with Crippen LogP contribution in [0.1, 0.15) is 64.2 Å². The Kier molecular flexibility index (Phi) is 7.50. The molecule has 4 amide bonds. The maximum Gasteiger partial charge on any atom is 0.321 e. The Morgan fingerprint density at radius 1 is 0.778 bits per heavy atom. The number of hydrogen-bond acceptors (Lipinski definition) is 4. The Morgan fingerprint density at radius 3 is 2.00 bits per heavy atom. The second-order valence-electron chi connectivity index (χ2n) is 8.29. The fourth-order valence-corrected chi connectivity index (χ4v) is 4.57. The predicted molar refractivity (Wildman–Crippen MR) is 103 cm³/mol. The molecule has 0 aromatic heterocycles. The molecule has 3 aliphatic rings. The summed E-state index contributed by atoms with van der Waals surface area (Å²) in [6, 6.07) is -0.182. The highest BCUT2D eigenvalue weighted by Crippen LogP contribution is 2.25. The highest BCUT2D eigenvalue weighted by molar-refractivity contribution is 5.95. The lowest BCUT2D eigenvalue weighted by Gasteiger charge is -2.36. The molecule has 2 aliphatic carbocycles. The second-order valence-corrected chi connectivity index (χ2v) is 8.29. The van der Waals surface area contributed by atoms with Crippen molar-refractivity contribution in [1.29, 1.82) is 0 Å². The maximum absolute atomic E-state index is 12.6. The molecular weight excluding hydrogens is 344 g/mol. The van der Waals surface area contributed by atoms with Crippen molar-refractivity contribution in [3.05, 3.63) is 0 Å². The lowest BCUT2D eigenvalue weighted by Crippen LogP contribution is -2.53. The molecule has 1 aliphatic heterocycles. The molecule has 1 heterocycles. The number of amides is 4. The molecule has 3 fully saturated rings. The van der Waals surface area contributed by atoms with Gasteiger partial charge in [-0.1, -0.05) is 38.5 Å². The standard InChI is InChI=1S/C20H34N4O3/c25-18(22-20(27)21-17-9-5-2-6-10-17)15-23-11-13-24(14-12-23)19(26)16-7-3-1-4-8-16/h16-17H,1-15H2,(H2,21,22,25,27). The number of carbonyl (C=O) groups is 3. The minimum Gasteiger partial charge on any atom is -0.340 e. The van der Waals surface area contributed by atoms with E-state index in [0.717, 1.165) is 38.5 Å². The minimum atomic E-state index is -0.377. The fourth-order valence-electron chi connectivity index (χ4n) is 4.57. The molecule has 1 saturated heterocycles. The first-order valence-corrected chi connectivity index (χ1v) is 10.7. The lowest BCUT2D eigenvalue weighted by molar-refractivity contribution is -0.138. The topological polar surface area (TPSA) is 81.8 Å². The summed E-state index contributed by atoms with van der Waals surface area (Å²) in [6.45, 7) is 2.95. The van der Waals surface area contributed by atoms with E-state index in [2.05, 4.69) is 10.6 Å². The van der Waals surface area contributed by atoms with Crippen LogP contribution < -0.4 is 10.6 Å². The number of hydrogen-bond donors (Lipinski definition) is 2. The first-order chi connectivity index (χ1) is 13.1. The summed E-state index contributed by atoms with van der Waals surface area (Å²) in [5.74, 6) is 0.234. The Hall–Kier alpha value is -1.63. The van der Waals surface area contributed by atoms with Crippen LogP contribution in [0.3, 0.4) is 0 Å². The largest absolute Gasteiger partial charge is 0.340 e. The van der Waals surface area contributed by atoms with Crippen LogP contribution in [-0.2, 0) is 9.59 Å². The van der Waals surface area contributed by atoms with E-state index < -0.39 is 0 Å². The third-order valence-corrected chi connectivity index (χ3v) is 6.20. The SMILES string of the molecule is O=C(CN1CCN(C(=O)C2CCCCC2)CC1)NC(=O)NC1CCCCC1. The van der Waals surface area contributed by atoms with Gasteiger partial charge in [0, 0.05) is 38.1 Å². The van der Waals surface area contributed by atoms with Gasteiger partial charge in [-0.2, -0.15) is 0 Å². The number of imide groups is 1. The molecule has 2 N–H and O–H groups in total. The maximum atomic E-state index is 12.6. The summed E-state index contributed by atoms with van der Waals surface area (Å²) in [6.07, 6.45) is 11.1. The molecule has 0 spiro atoms. The molecule has 0 aromatic rings. The van der Waals surface area contributed by atoms with Crippen molar-refractivity contribution in [2.75, 3.05) is 32.7 Å². The predicted octanol–water partition coefficient (Wildman–Crippen LogP) is 1.87. The zero-order chi connectivity index (χ0) is 19.1. The first-order valence-electron chi connectivity index (χ1n) is 10.7. The highest BCUT2D eigenvalue weighted by Gasteiger charge is 2.29. The van der Waals surface area contributed by atoms with Gasteiger partial charge in [0.25, 0.3) is 0 Å². The number of carbonyl (C=O) groups excluding carboxylic acids is 3. The third kappa shape index (κ3) is 6.19. The van der Waals surface area contributed by atoms with E-state index in [1.54, 1.807) is 0 Å². The Labute approximate surface area is 162 Å². The van der Waals surface area contributed by atoms with Crippen LogP contribution in [0.25, 0.3) is 0 Å². The van der Waals surface area contributed by atoms with Crippen molar-refractivity contribution in [3.63, 3.8) is 0 Å². The average molecular weight is 379 g/mol. The van der Waals surface area contributed by atoms with Crippen LogP contribution in [0.15, 0.2) is 0 Å². The first kappa shape index (κ1) is 20.1. The Balaban J connectivity index is 1.33. The summed E-state index contributed by atoms with van der Waals surface area (Å²) < 4.78 is 0. The molecule has 0 atom stereocenters. The van der Waals surface area contributed by atoms with E-state index in [1.165, 1.54) is 25.7 Å². The van der Waals surface area contributed by atoms with Gasteiger partial charge in [0.2, 0.25) is 11.8 Å². The summed E-state index contributed by atoms with van der Waals surface area (Å²) in [5, 5.41) is 5.35. The molecule has 3 rings (SSSR count). The molecule has 7 heteroatoms. The van der Waals surface area contributed by atoms with Gasteiger partial charge < -0.3 is 10.2 Å². The molecule has 0 unspecified atom stereocenters. The van der Waals surface area contributed by atoms with Crippen molar-refractivity contribution >= 4 is 17.8 Å². The fraction of sp³-hybridized carbons (Fsp3) is 0.850. The van der Waals surface area contributed by atoms with Gasteiger partial charge in [-0.15, -0.1) is 0 Å². The van der Waals surface area contributed by atoms with Gasteiger partial charge >= 0.3 is 6.03 Å². The Bertz CT molecular complexity index is 519. The second kappa shape index (κ2) is 10.1.